The molecular formula is C68H115NO5. The molecule has 0 aromatic heterocycles. The first-order valence-corrected chi connectivity index (χ1v) is 32.5. The lowest BCUT2D eigenvalue weighted by Crippen LogP contribution is -2.54. The number of esters is 2. The number of ether oxygens (including phenoxy) is 2. The van der Waals surface area contributed by atoms with E-state index in [0.29, 0.717) is 54.0 Å². The molecule has 0 saturated heterocycles. The summed E-state index contributed by atoms with van der Waals surface area (Å²) in [6, 6.07) is 0. The summed E-state index contributed by atoms with van der Waals surface area (Å²) in [5.74, 6) is 10.5. The molecule has 8 aliphatic rings. The highest BCUT2D eigenvalue weighted by molar-refractivity contribution is 5.70. The molecule has 0 amide bonds. The third-order valence-corrected chi connectivity index (χ3v) is 24.8. The molecule has 0 radical (unpaired) electrons. The van der Waals surface area contributed by atoms with Crippen molar-refractivity contribution >= 4 is 11.9 Å². The topological polar surface area (TPSA) is 76.1 Å². The molecule has 0 heterocycles. The first kappa shape index (κ1) is 58.5. The molecule has 17 atom stereocenters. The van der Waals surface area contributed by atoms with E-state index in [4.69, 9.17) is 9.47 Å². The third-order valence-electron chi connectivity index (χ3n) is 24.8. The van der Waals surface area contributed by atoms with Crippen molar-refractivity contribution < 1.29 is 24.2 Å². The van der Waals surface area contributed by atoms with Crippen LogP contribution in [0.25, 0.3) is 0 Å². The number of carbonyl (C=O) groups excluding carboxylic acids is 2. The summed E-state index contributed by atoms with van der Waals surface area (Å²) in [5, 5.41) is 9.89. The highest BCUT2D eigenvalue weighted by Gasteiger charge is 2.61. The van der Waals surface area contributed by atoms with Gasteiger partial charge in [0, 0.05) is 25.9 Å². The Kier molecular flexibility index (Phi) is 19.9. The van der Waals surface area contributed by atoms with Gasteiger partial charge in [0.15, 0.2) is 0 Å². The molecule has 0 aliphatic heterocycles. The number of unbranched alkanes of at least 4 members (excludes halogenated alkanes) is 3. The molecule has 0 aromatic rings. The molecule has 17 unspecified atom stereocenters. The zero-order valence-corrected chi connectivity index (χ0v) is 50.0. The van der Waals surface area contributed by atoms with Gasteiger partial charge in [-0.25, -0.2) is 0 Å². The minimum Gasteiger partial charge on any atom is -0.462 e. The van der Waals surface area contributed by atoms with Crippen molar-refractivity contribution in [3.63, 3.8) is 0 Å². The fourth-order valence-corrected chi connectivity index (χ4v) is 20.3. The average Bonchev–Trinajstić information content (AvgIpc) is 3.91. The van der Waals surface area contributed by atoms with Gasteiger partial charge in [-0.15, -0.1) is 0 Å². The lowest BCUT2D eigenvalue weighted by atomic mass is 9.44. The lowest BCUT2D eigenvalue weighted by Gasteiger charge is -2.61. The van der Waals surface area contributed by atoms with Crippen LogP contribution in [-0.2, 0) is 19.1 Å². The second kappa shape index (κ2) is 25.2. The smallest absolute Gasteiger partial charge is 0.307 e. The van der Waals surface area contributed by atoms with Gasteiger partial charge >= 0.3 is 11.9 Å². The molecule has 8 aliphatic carbocycles. The summed E-state index contributed by atoms with van der Waals surface area (Å²) < 4.78 is 12.5. The van der Waals surface area contributed by atoms with Gasteiger partial charge in [-0.2, -0.15) is 0 Å². The minimum absolute atomic E-state index is 0.00561. The maximum atomic E-state index is 13.3. The third kappa shape index (κ3) is 12.5. The average molecular weight is 1030 g/mol. The molecule has 0 spiro atoms. The van der Waals surface area contributed by atoms with Crippen LogP contribution in [0, 0.1) is 98.6 Å². The number of aliphatic hydroxyl groups excluding tert-OH is 1. The molecule has 6 heteroatoms. The van der Waals surface area contributed by atoms with Crippen molar-refractivity contribution in [2.75, 3.05) is 26.2 Å². The summed E-state index contributed by atoms with van der Waals surface area (Å²) >= 11 is 0. The number of aliphatic hydroxyl groups is 1. The predicted molar refractivity (Wildman–Crippen MR) is 306 cm³/mol. The maximum Gasteiger partial charge on any atom is 0.307 e. The van der Waals surface area contributed by atoms with Crippen molar-refractivity contribution in [2.24, 2.45) is 98.6 Å². The van der Waals surface area contributed by atoms with Crippen molar-refractivity contribution in [2.45, 2.75) is 268 Å². The summed E-state index contributed by atoms with van der Waals surface area (Å²) in [4.78, 5) is 28.8. The highest BCUT2D eigenvalue weighted by atomic mass is 16.5. The normalized spacial score (nSPS) is 38.7. The SMILES string of the molecule is CCC(CCC(C)C1CCC2C3CCC4CC(OC(=O)CCCCCCN(CCO)CCC(=O)OC5CCC6(C)C(=CC=C7C6CCC6(C)C7CCC6C(C)CCCC(C)C)C5)CCC4(C)C3CCC12C)C(C)C. The van der Waals surface area contributed by atoms with Crippen LogP contribution in [0.4, 0.5) is 0 Å². The predicted octanol–water partition coefficient (Wildman–Crippen LogP) is 17.2. The van der Waals surface area contributed by atoms with E-state index in [1.807, 2.05) is 0 Å². The Morgan fingerprint density at radius 1 is 0.622 bits per heavy atom. The molecule has 6 nitrogen and oxygen atoms in total. The molecule has 7 fully saturated rings. The van der Waals surface area contributed by atoms with E-state index in [9.17, 15) is 14.7 Å². The zero-order chi connectivity index (χ0) is 53.0. The van der Waals surface area contributed by atoms with Crippen molar-refractivity contribution in [3.8, 4) is 0 Å². The zero-order valence-electron chi connectivity index (χ0n) is 50.0. The molecule has 74 heavy (non-hydrogen) atoms. The molecule has 422 valence electrons. The Labute approximate surface area is 455 Å². The van der Waals surface area contributed by atoms with Crippen LogP contribution in [0.15, 0.2) is 23.3 Å². The van der Waals surface area contributed by atoms with Crippen LogP contribution in [0.3, 0.4) is 0 Å². The molecule has 0 aromatic carbocycles. The highest BCUT2D eigenvalue weighted by Crippen LogP contribution is 2.69. The number of allylic oxidation sites excluding steroid dienone is 3. The number of hydrogen-bond acceptors (Lipinski definition) is 6. The molecule has 8 rings (SSSR count). The summed E-state index contributed by atoms with van der Waals surface area (Å²) in [6.45, 7) is 29.9. The number of rotatable bonds is 25. The first-order chi connectivity index (χ1) is 35.3. The van der Waals surface area contributed by atoms with Gasteiger partial charge in [0.05, 0.1) is 13.0 Å². The number of carbonyl (C=O) groups is 2. The second-order valence-electron chi connectivity index (χ2n) is 29.5. The van der Waals surface area contributed by atoms with Gasteiger partial charge in [-0.1, -0.05) is 144 Å². The van der Waals surface area contributed by atoms with Crippen LogP contribution in [0.2, 0.25) is 0 Å². The van der Waals surface area contributed by atoms with Gasteiger partial charge in [0.2, 0.25) is 0 Å². The monoisotopic (exact) mass is 1030 g/mol. The van der Waals surface area contributed by atoms with Crippen LogP contribution < -0.4 is 0 Å². The minimum atomic E-state index is -0.0995. The fraction of sp³-hybridized carbons (Fsp3) is 0.912. The molecule has 0 bridgehead atoms. The van der Waals surface area contributed by atoms with E-state index >= 15 is 0 Å². The Hall–Kier alpha value is -1.66. The van der Waals surface area contributed by atoms with E-state index in [1.54, 1.807) is 5.57 Å². The number of hydrogen-bond donors (Lipinski definition) is 1. The summed E-state index contributed by atoms with van der Waals surface area (Å²) in [6.07, 6.45) is 38.3. The van der Waals surface area contributed by atoms with E-state index in [-0.39, 0.29) is 36.2 Å². The fourth-order valence-electron chi connectivity index (χ4n) is 20.3. The van der Waals surface area contributed by atoms with Crippen molar-refractivity contribution in [1.29, 1.82) is 0 Å². The quantitative estimate of drug-likeness (QED) is 0.0725. The Morgan fingerprint density at radius 2 is 1.30 bits per heavy atom. The summed E-state index contributed by atoms with van der Waals surface area (Å²) in [7, 11) is 0. The van der Waals surface area contributed by atoms with Crippen LogP contribution in [-0.4, -0.2) is 60.4 Å². The van der Waals surface area contributed by atoms with Gasteiger partial charge in [0.1, 0.15) is 12.2 Å². The van der Waals surface area contributed by atoms with Crippen molar-refractivity contribution in [1.82, 2.24) is 4.90 Å². The summed E-state index contributed by atoms with van der Waals surface area (Å²) in [5.41, 5.74) is 4.83. The van der Waals surface area contributed by atoms with E-state index in [2.05, 4.69) is 93.2 Å². The maximum absolute atomic E-state index is 13.3. The molecule has 1 N–H and O–H groups in total. The van der Waals surface area contributed by atoms with Crippen LogP contribution in [0.5, 0.6) is 0 Å². The number of fused-ring (bicyclic) bond motifs is 10. The number of nitrogens with zero attached hydrogens (tertiary/aromatic N) is 1. The Balaban J connectivity index is 0.708. The van der Waals surface area contributed by atoms with Crippen LogP contribution in [0.1, 0.15) is 256 Å². The van der Waals surface area contributed by atoms with E-state index in [1.165, 1.54) is 115 Å². The van der Waals surface area contributed by atoms with Gasteiger partial charge in [-0.05, 0) is 221 Å². The first-order valence-electron chi connectivity index (χ1n) is 32.5. The largest absolute Gasteiger partial charge is 0.462 e. The Bertz CT molecular complexity index is 1900. The molecular weight excluding hydrogens is 911 g/mol. The van der Waals surface area contributed by atoms with Gasteiger partial charge in [-0.3, -0.25) is 9.59 Å². The van der Waals surface area contributed by atoms with Crippen LogP contribution >= 0.6 is 0 Å². The Morgan fingerprint density at radius 3 is 2.05 bits per heavy atom. The van der Waals surface area contributed by atoms with E-state index < -0.39 is 0 Å². The van der Waals surface area contributed by atoms with Crippen molar-refractivity contribution in [3.05, 3.63) is 23.3 Å². The van der Waals surface area contributed by atoms with Gasteiger partial charge < -0.3 is 19.5 Å². The van der Waals surface area contributed by atoms with E-state index in [0.717, 1.165) is 129 Å². The second-order valence-corrected chi connectivity index (χ2v) is 29.5. The standard InChI is InChI=1S/C68H115NO5/c1-12-50(47(4)5)22-21-49(7)58-28-30-60-56-26-23-51-44-53(31-36-65(51,8)62(56)34-39-68(58,60)11)73-63(71)20-15-13-14-16-40-69(42-43-70)41-35-64(72)74-54-32-37-66(9)52(45-54)24-25-55-59-29-27-57(48(6)19-17-18-46(2)3)67(59,10)38-33-61(55)66/h24-25,46-51,53-54,56-62,70H,12-23,26-45H2,1-11H3. The lowest BCUT2D eigenvalue weighted by molar-refractivity contribution is -0.163. The molecule has 7 saturated carbocycles. The van der Waals surface area contributed by atoms with Gasteiger partial charge in [0.25, 0.3) is 0 Å².